The molecule has 0 spiro atoms. The average Bonchev–Trinajstić information content (AvgIpc) is 2.70. The second-order valence-electron chi connectivity index (χ2n) is 2.92. The van der Waals surface area contributed by atoms with E-state index in [4.69, 9.17) is 5.73 Å². The molecule has 0 saturated heterocycles. The van der Waals surface area contributed by atoms with Crippen LogP contribution >= 0.6 is 11.3 Å². The highest BCUT2D eigenvalue weighted by molar-refractivity contribution is 7.93. The lowest BCUT2D eigenvalue weighted by Crippen LogP contribution is -2.13. The van der Waals surface area contributed by atoms with Crippen molar-refractivity contribution in [2.24, 2.45) is 0 Å². The summed E-state index contributed by atoms with van der Waals surface area (Å²) in [5, 5.41) is 7.36. The first-order chi connectivity index (χ1) is 7.58. The number of aromatic nitrogens is 2. The number of hydrogen-bond donors (Lipinski definition) is 2. The van der Waals surface area contributed by atoms with Crippen molar-refractivity contribution in [1.29, 1.82) is 0 Å². The largest absolute Gasteiger partial charge is 0.399 e. The fourth-order valence-corrected chi connectivity index (χ4v) is 2.82. The van der Waals surface area contributed by atoms with E-state index in [0.717, 1.165) is 11.3 Å². The van der Waals surface area contributed by atoms with Gasteiger partial charge in [0.25, 0.3) is 10.0 Å². The predicted octanol–water partition coefficient (Wildman–Crippen LogP) is 0.921. The van der Waals surface area contributed by atoms with E-state index in [1.165, 1.54) is 17.6 Å². The SMILES string of the molecule is Nc1cccc(S(=O)(=O)Nc2nncs2)c1. The van der Waals surface area contributed by atoms with Crippen LogP contribution in [0.4, 0.5) is 10.8 Å². The van der Waals surface area contributed by atoms with Gasteiger partial charge in [-0.2, -0.15) is 0 Å². The number of benzene rings is 1. The minimum absolute atomic E-state index is 0.0997. The lowest BCUT2D eigenvalue weighted by Gasteiger charge is -2.04. The first kappa shape index (κ1) is 10.8. The standard InChI is InChI=1S/C8H8N4O2S2/c9-6-2-1-3-7(4-6)16(13,14)12-8-11-10-5-15-8/h1-5H,9H2,(H,11,12). The summed E-state index contributed by atoms with van der Waals surface area (Å²) in [6.45, 7) is 0. The normalized spacial score (nSPS) is 11.2. The van der Waals surface area contributed by atoms with Crippen LogP contribution in [0.5, 0.6) is 0 Å². The van der Waals surface area contributed by atoms with E-state index < -0.39 is 10.0 Å². The van der Waals surface area contributed by atoms with Crippen LogP contribution in [0, 0.1) is 0 Å². The van der Waals surface area contributed by atoms with E-state index in [2.05, 4.69) is 14.9 Å². The zero-order valence-corrected chi connectivity index (χ0v) is 9.62. The number of nitrogen functional groups attached to an aromatic ring is 1. The van der Waals surface area contributed by atoms with Crippen LogP contribution in [0.1, 0.15) is 0 Å². The molecule has 8 heteroatoms. The predicted molar refractivity (Wildman–Crippen MR) is 61.6 cm³/mol. The fourth-order valence-electron chi connectivity index (χ4n) is 1.07. The van der Waals surface area contributed by atoms with E-state index in [0.29, 0.717) is 5.69 Å². The minimum Gasteiger partial charge on any atom is -0.399 e. The Labute approximate surface area is 96.2 Å². The monoisotopic (exact) mass is 256 g/mol. The van der Waals surface area contributed by atoms with Gasteiger partial charge in [-0.25, -0.2) is 8.42 Å². The van der Waals surface area contributed by atoms with E-state index in [1.54, 1.807) is 12.1 Å². The number of nitrogens with zero attached hydrogens (tertiary/aromatic N) is 2. The molecule has 0 aliphatic carbocycles. The maximum Gasteiger partial charge on any atom is 0.263 e. The van der Waals surface area contributed by atoms with Crippen molar-refractivity contribution < 1.29 is 8.42 Å². The number of nitrogens with two attached hydrogens (primary N) is 1. The molecular formula is C8H8N4O2S2. The van der Waals surface area contributed by atoms with Crippen molar-refractivity contribution in [2.45, 2.75) is 4.90 Å². The van der Waals surface area contributed by atoms with Gasteiger partial charge in [0.05, 0.1) is 4.90 Å². The van der Waals surface area contributed by atoms with Crippen molar-refractivity contribution >= 4 is 32.2 Å². The summed E-state index contributed by atoms with van der Waals surface area (Å²) in [6.07, 6.45) is 0. The molecule has 0 unspecified atom stereocenters. The van der Waals surface area contributed by atoms with Crippen LogP contribution in [0.15, 0.2) is 34.7 Å². The molecule has 0 bridgehead atoms. The average molecular weight is 256 g/mol. The molecule has 0 aliphatic heterocycles. The Morgan fingerprint density at radius 1 is 1.38 bits per heavy atom. The molecule has 0 amide bonds. The third-order valence-corrected chi connectivity index (χ3v) is 3.82. The van der Waals surface area contributed by atoms with Crippen LogP contribution in [0.2, 0.25) is 0 Å². The molecule has 1 aromatic heterocycles. The Morgan fingerprint density at radius 2 is 2.19 bits per heavy atom. The quantitative estimate of drug-likeness (QED) is 0.796. The Bertz CT molecular complexity index is 580. The maximum atomic E-state index is 11.8. The van der Waals surface area contributed by atoms with Gasteiger partial charge < -0.3 is 5.73 Å². The van der Waals surface area contributed by atoms with Gasteiger partial charge in [-0.3, -0.25) is 4.72 Å². The zero-order valence-electron chi connectivity index (χ0n) is 7.99. The molecule has 0 radical (unpaired) electrons. The summed E-state index contributed by atoms with van der Waals surface area (Å²) in [5.74, 6) is 0. The Morgan fingerprint density at radius 3 is 2.81 bits per heavy atom. The van der Waals surface area contributed by atoms with Crippen molar-refractivity contribution in [1.82, 2.24) is 10.2 Å². The van der Waals surface area contributed by atoms with E-state index in [-0.39, 0.29) is 10.0 Å². The molecule has 0 fully saturated rings. The fraction of sp³-hybridized carbons (Fsp3) is 0. The van der Waals surface area contributed by atoms with Crippen LogP contribution in [0.25, 0.3) is 0 Å². The van der Waals surface area contributed by atoms with Gasteiger partial charge >= 0.3 is 0 Å². The van der Waals surface area contributed by atoms with Crippen molar-refractivity contribution in [3.05, 3.63) is 29.8 Å². The highest BCUT2D eigenvalue weighted by Gasteiger charge is 2.15. The van der Waals surface area contributed by atoms with Crippen molar-refractivity contribution in [3.8, 4) is 0 Å². The summed E-state index contributed by atoms with van der Waals surface area (Å²) < 4.78 is 26.0. The van der Waals surface area contributed by atoms with E-state index in [1.807, 2.05) is 0 Å². The number of hydrogen-bond acceptors (Lipinski definition) is 6. The molecule has 0 aliphatic rings. The highest BCUT2D eigenvalue weighted by atomic mass is 32.2. The second kappa shape index (κ2) is 4.06. The van der Waals surface area contributed by atoms with Crippen LogP contribution < -0.4 is 10.5 Å². The molecule has 0 atom stereocenters. The Hall–Kier alpha value is -1.67. The molecule has 84 valence electrons. The first-order valence-corrected chi connectivity index (χ1v) is 6.59. The third-order valence-electron chi connectivity index (χ3n) is 1.75. The summed E-state index contributed by atoms with van der Waals surface area (Å²) in [4.78, 5) is 0.0997. The molecule has 16 heavy (non-hydrogen) atoms. The van der Waals surface area contributed by atoms with Gasteiger partial charge in [-0.05, 0) is 18.2 Å². The lowest BCUT2D eigenvalue weighted by molar-refractivity contribution is 0.601. The number of rotatable bonds is 3. The van der Waals surface area contributed by atoms with Gasteiger partial charge in [0.15, 0.2) is 0 Å². The van der Waals surface area contributed by atoms with Crippen molar-refractivity contribution in [2.75, 3.05) is 10.5 Å². The molecule has 6 nitrogen and oxygen atoms in total. The molecule has 1 heterocycles. The summed E-state index contributed by atoms with van der Waals surface area (Å²) in [5.41, 5.74) is 7.34. The zero-order chi connectivity index (χ0) is 11.6. The van der Waals surface area contributed by atoms with E-state index in [9.17, 15) is 8.42 Å². The lowest BCUT2D eigenvalue weighted by atomic mass is 10.3. The molecule has 2 aromatic rings. The first-order valence-electron chi connectivity index (χ1n) is 4.22. The Balaban J connectivity index is 2.33. The van der Waals surface area contributed by atoms with Crippen LogP contribution in [-0.2, 0) is 10.0 Å². The van der Waals surface area contributed by atoms with E-state index >= 15 is 0 Å². The van der Waals surface area contributed by atoms with Gasteiger partial charge in [0, 0.05) is 5.69 Å². The van der Waals surface area contributed by atoms with Gasteiger partial charge in [0.2, 0.25) is 5.13 Å². The molecular weight excluding hydrogens is 248 g/mol. The van der Waals surface area contributed by atoms with Gasteiger partial charge in [-0.15, -0.1) is 10.2 Å². The third kappa shape index (κ3) is 2.28. The Kier molecular flexibility index (Phi) is 2.75. The smallest absolute Gasteiger partial charge is 0.263 e. The van der Waals surface area contributed by atoms with Crippen molar-refractivity contribution in [3.63, 3.8) is 0 Å². The summed E-state index contributed by atoms with van der Waals surface area (Å²) in [7, 11) is -3.63. The second-order valence-corrected chi connectivity index (χ2v) is 5.44. The molecule has 2 rings (SSSR count). The van der Waals surface area contributed by atoms with Gasteiger partial charge in [-0.1, -0.05) is 17.4 Å². The molecule has 0 saturated carbocycles. The molecule has 1 aromatic carbocycles. The number of nitrogens with one attached hydrogen (secondary N) is 1. The van der Waals surface area contributed by atoms with Crippen LogP contribution in [-0.4, -0.2) is 18.6 Å². The summed E-state index contributed by atoms with van der Waals surface area (Å²) in [6, 6.07) is 6.02. The number of sulfonamides is 1. The molecule has 3 N–H and O–H groups in total. The topological polar surface area (TPSA) is 98.0 Å². The number of anilines is 2. The minimum atomic E-state index is -3.63. The summed E-state index contributed by atoms with van der Waals surface area (Å²) >= 11 is 1.10. The van der Waals surface area contributed by atoms with Gasteiger partial charge in [0.1, 0.15) is 5.51 Å². The highest BCUT2D eigenvalue weighted by Crippen LogP contribution is 2.18. The maximum absolute atomic E-state index is 11.8. The van der Waals surface area contributed by atoms with Crippen LogP contribution in [0.3, 0.4) is 0 Å².